The summed E-state index contributed by atoms with van der Waals surface area (Å²) in [7, 11) is 2.17. The Morgan fingerprint density at radius 2 is 2.00 bits per heavy atom. The maximum Gasteiger partial charge on any atom is 0.252 e. The van der Waals surface area contributed by atoms with Crippen molar-refractivity contribution >= 4 is 28.5 Å². The number of halogens is 1. The molecule has 0 bridgehead atoms. The number of nitrogens with zero attached hydrogens (tertiary/aromatic N) is 2. The zero-order valence-electron chi connectivity index (χ0n) is 12.9. The van der Waals surface area contributed by atoms with Crippen LogP contribution < -0.4 is 5.32 Å². The van der Waals surface area contributed by atoms with Crippen molar-refractivity contribution in [2.45, 2.75) is 13.3 Å². The van der Waals surface area contributed by atoms with E-state index in [1.807, 2.05) is 25.1 Å². The number of aryl methyl sites for hydroxylation is 1. The van der Waals surface area contributed by atoms with Crippen LogP contribution >= 0.6 is 22.6 Å². The molecule has 1 amide bonds. The molecule has 2 rings (SSSR count). The molecule has 116 valence electrons. The summed E-state index contributed by atoms with van der Waals surface area (Å²) in [4.78, 5) is 17.0. The lowest BCUT2D eigenvalue weighted by atomic mass is 10.1. The van der Waals surface area contributed by atoms with Crippen LogP contribution in [0.15, 0.2) is 18.2 Å². The number of piperazine rings is 1. The van der Waals surface area contributed by atoms with Crippen LogP contribution in [0, 0.1) is 10.5 Å². The van der Waals surface area contributed by atoms with Gasteiger partial charge in [0.25, 0.3) is 5.91 Å². The second-order valence-electron chi connectivity index (χ2n) is 5.74. The number of hydrogen-bond acceptors (Lipinski definition) is 3. The first-order valence-electron chi connectivity index (χ1n) is 7.51. The number of carbonyl (C=O) groups excluding carboxylic acids is 1. The van der Waals surface area contributed by atoms with Gasteiger partial charge in [0.05, 0.1) is 5.56 Å². The molecular weight excluding hydrogens is 377 g/mol. The lowest BCUT2D eigenvalue weighted by Gasteiger charge is -2.32. The van der Waals surface area contributed by atoms with Crippen molar-refractivity contribution in [1.82, 2.24) is 15.1 Å². The van der Waals surface area contributed by atoms with Gasteiger partial charge < -0.3 is 15.1 Å². The predicted octanol–water partition coefficient (Wildman–Crippen LogP) is 1.97. The molecule has 0 aromatic heterocycles. The number of hydrogen-bond donors (Lipinski definition) is 1. The van der Waals surface area contributed by atoms with E-state index >= 15 is 0 Å². The molecule has 1 aromatic rings. The maximum atomic E-state index is 12.1. The van der Waals surface area contributed by atoms with Gasteiger partial charge in [-0.2, -0.15) is 0 Å². The molecule has 1 saturated heterocycles. The molecular formula is C16H24IN3O. The summed E-state index contributed by atoms with van der Waals surface area (Å²) in [6.45, 7) is 8.43. The van der Waals surface area contributed by atoms with Gasteiger partial charge in [0.15, 0.2) is 0 Å². The molecule has 1 aromatic carbocycles. The highest BCUT2D eigenvalue weighted by molar-refractivity contribution is 14.1. The van der Waals surface area contributed by atoms with Crippen molar-refractivity contribution in [3.8, 4) is 0 Å². The fraction of sp³-hybridized carbons (Fsp3) is 0.562. The normalized spacial score (nSPS) is 16.9. The van der Waals surface area contributed by atoms with Gasteiger partial charge in [0.1, 0.15) is 0 Å². The highest BCUT2D eigenvalue weighted by atomic mass is 127. The number of rotatable bonds is 5. The van der Waals surface area contributed by atoms with Gasteiger partial charge in [-0.1, -0.05) is 11.6 Å². The molecule has 1 fully saturated rings. The molecule has 1 N–H and O–H groups in total. The molecule has 0 unspecified atom stereocenters. The molecule has 5 heteroatoms. The second-order valence-corrected chi connectivity index (χ2v) is 6.90. The van der Waals surface area contributed by atoms with Crippen LogP contribution in [0.2, 0.25) is 0 Å². The van der Waals surface area contributed by atoms with E-state index in [0.717, 1.165) is 54.8 Å². The molecule has 1 aliphatic rings. The van der Waals surface area contributed by atoms with Crippen LogP contribution in [0.5, 0.6) is 0 Å². The summed E-state index contributed by atoms with van der Waals surface area (Å²) in [5.41, 5.74) is 1.96. The van der Waals surface area contributed by atoms with Crippen molar-refractivity contribution in [3.63, 3.8) is 0 Å². The minimum Gasteiger partial charge on any atom is -0.352 e. The third-order valence-corrected chi connectivity index (χ3v) is 4.79. The average molecular weight is 401 g/mol. The van der Waals surface area contributed by atoms with E-state index in [1.165, 1.54) is 5.56 Å². The van der Waals surface area contributed by atoms with Crippen molar-refractivity contribution in [2.24, 2.45) is 0 Å². The Kier molecular flexibility index (Phi) is 6.44. The summed E-state index contributed by atoms with van der Waals surface area (Å²) in [6.07, 6.45) is 1.01. The minimum absolute atomic E-state index is 0.0396. The molecule has 21 heavy (non-hydrogen) atoms. The van der Waals surface area contributed by atoms with Crippen molar-refractivity contribution in [3.05, 3.63) is 32.9 Å². The Hall–Kier alpha value is -0.660. The zero-order chi connectivity index (χ0) is 15.2. The van der Waals surface area contributed by atoms with Gasteiger partial charge in [-0.05, 0) is 61.7 Å². The lowest BCUT2D eigenvalue weighted by Crippen LogP contribution is -2.45. The highest BCUT2D eigenvalue weighted by Gasteiger charge is 2.13. The van der Waals surface area contributed by atoms with Crippen molar-refractivity contribution in [1.29, 1.82) is 0 Å². The van der Waals surface area contributed by atoms with Gasteiger partial charge in [0.2, 0.25) is 0 Å². The number of benzene rings is 1. The summed E-state index contributed by atoms with van der Waals surface area (Å²) in [6, 6.07) is 5.94. The van der Waals surface area contributed by atoms with Crippen LogP contribution in [0.3, 0.4) is 0 Å². The van der Waals surface area contributed by atoms with Gasteiger partial charge in [0, 0.05) is 36.3 Å². The van der Waals surface area contributed by atoms with Crippen LogP contribution in [0.1, 0.15) is 22.3 Å². The van der Waals surface area contributed by atoms with Crippen molar-refractivity contribution < 1.29 is 4.79 Å². The van der Waals surface area contributed by atoms with Gasteiger partial charge in [-0.3, -0.25) is 4.79 Å². The van der Waals surface area contributed by atoms with Gasteiger partial charge in [-0.25, -0.2) is 0 Å². The zero-order valence-corrected chi connectivity index (χ0v) is 15.0. The number of amides is 1. The fourth-order valence-corrected chi connectivity index (χ4v) is 3.39. The van der Waals surface area contributed by atoms with E-state index in [2.05, 4.69) is 44.8 Å². The number of likely N-dealkylation sites (N-methyl/N-ethyl adjacent to an activating group) is 1. The maximum absolute atomic E-state index is 12.1. The fourth-order valence-electron chi connectivity index (χ4n) is 2.48. The third-order valence-electron chi connectivity index (χ3n) is 3.90. The summed E-state index contributed by atoms with van der Waals surface area (Å²) in [5.74, 6) is 0.0396. The SMILES string of the molecule is Cc1ccc(C(=O)NCCCN2CCN(C)CC2)c(I)c1. The highest BCUT2D eigenvalue weighted by Crippen LogP contribution is 2.14. The quantitative estimate of drug-likeness (QED) is 0.606. The smallest absolute Gasteiger partial charge is 0.252 e. The Morgan fingerprint density at radius 1 is 1.29 bits per heavy atom. The summed E-state index contributed by atoms with van der Waals surface area (Å²) >= 11 is 2.23. The monoisotopic (exact) mass is 401 g/mol. The average Bonchev–Trinajstić information content (AvgIpc) is 2.45. The first kappa shape index (κ1) is 16.7. The molecule has 0 atom stereocenters. The Balaban J connectivity index is 1.69. The van der Waals surface area contributed by atoms with E-state index in [-0.39, 0.29) is 5.91 Å². The van der Waals surface area contributed by atoms with Gasteiger partial charge in [-0.15, -0.1) is 0 Å². The van der Waals surface area contributed by atoms with E-state index in [0.29, 0.717) is 0 Å². The van der Waals surface area contributed by atoms with Gasteiger partial charge >= 0.3 is 0 Å². The van der Waals surface area contributed by atoms with E-state index < -0.39 is 0 Å². The van der Waals surface area contributed by atoms with E-state index in [9.17, 15) is 4.79 Å². The van der Waals surface area contributed by atoms with Crippen LogP contribution in [-0.4, -0.2) is 62.0 Å². The van der Waals surface area contributed by atoms with Crippen LogP contribution in [-0.2, 0) is 0 Å². The standard InChI is InChI=1S/C16H24IN3O/c1-13-4-5-14(15(17)12-13)16(21)18-6-3-7-20-10-8-19(2)9-11-20/h4-5,12H,3,6-11H2,1-2H3,(H,18,21). The van der Waals surface area contributed by atoms with Crippen LogP contribution in [0.4, 0.5) is 0 Å². The molecule has 0 spiro atoms. The number of nitrogens with one attached hydrogen (secondary N) is 1. The summed E-state index contributed by atoms with van der Waals surface area (Å²) < 4.78 is 1.02. The largest absolute Gasteiger partial charge is 0.352 e. The van der Waals surface area contributed by atoms with Crippen molar-refractivity contribution in [2.75, 3.05) is 46.3 Å². The molecule has 1 heterocycles. The molecule has 0 radical (unpaired) electrons. The predicted molar refractivity (Wildman–Crippen MR) is 94.8 cm³/mol. The minimum atomic E-state index is 0.0396. The van der Waals surface area contributed by atoms with E-state index in [4.69, 9.17) is 0 Å². The van der Waals surface area contributed by atoms with E-state index in [1.54, 1.807) is 0 Å². The first-order chi connectivity index (χ1) is 10.1. The molecule has 0 saturated carbocycles. The van der Waals surface area contributed by atoms with Crippen LogP contribution in [0.25, 0.3) is 0 Å². The Bertz CT molecular complexity index is 484. The Labute approximate surface area is 141 Å². The third kappa shape index (κ3) is 5.23. The lowest BCUT2D eigenvalue weighted by molar-refractivity contribution is 0.0948. The summed E-state index contributed by atoms with van der Waals surface area (Å²) in [5, 5.41) is 3.03. The molecule has 4 nitrogen and oxygen atoms in total. The molecule has 0 aliphatic carbocycles. The first-order valence-corrected chi connectivity index (χ1v) is 8.59. The number of carbonyl (C=O) groups is 1. The Morgan fingerprint density at radius 3 is 2.67 bits per heavy atom. The molecule has 1 aliphatic heterocycles. The topological polar surface area (TPSA) is 35.6 Å². The second kappa shape index (κ2) is 8.10.